The highest BCUT2D eigenvalue weighted by molar-refractivity contribution is 5.79. The second kappa shape index (κ2) is 6.71. The fraction of sp³-hybridized carbons (Fsp3) is 0.556. The number of amides is 1. The van der Waals surface area contributed by atoms with Crippen LogP contribution in [0.1, 0.15) is 50.3 Å². The first kappa shape index (κ1) is 15.3. The van der Waals surface area contributed by atoms with E-state index in [9.17, 15) is 4.79 Å². The molecule has 4 rings (SSSR count). The van der Waals surface area contributed by atoms with Crippen LogP contribution in [0.15, 0.2) is 28.9 Å². The summed E-state index contributed by atoms with van der Waals surface area (Å²) in [7, 11) is 0. The largest absolute Gasteiger partial charge is 0.342 e. The van der Waals surface area contributed by atoms with Crippen LogP contribution >= 0.6 is 0 Å². The Labute approximate surface area is 141 Å². The van der Waals surface area contributed by atoms with Gasteiger partial charge in [0.2, 0.25) is 17.6 Å². The number of aromatic nitrogens is 3. The Kier molecular flexibility index (Phi) is 4.28. The Hall–Kier alpha value is -2.24. The van der Waals surface area contributed by atoms with Gasteiger partial charge in [0, 0.05) is 25.2 Å². The lowest BCUT2D eigenvalue weighted by molar-refractivity contribution is -0.135. The monoisotopic (exact) mass is 326 g/mol. The molecule has 1 aliphatic carbocycles. The first-order valence-corrected chi connectivity index (χ1v) is 8.85. The average Bonchev–Trinajstić information content (AvgIpc) is 3.32. The molecule has 2 fully saturated rings. The van der Waals surface area contributed by atoms with Crippen molar-refractivity contribution in [1.29, 1.82) is 0 Å². The van der Waals surface area contributed by atoms with Crippen molar-refractivity contribution in [3.8, 4) is 11.5 Å². The number of carbonyl (C=O) groups is 1. The van der Waals surface area contributed by atoms with Crippen LogP contribution in [0.5, 0.6) is 0 Å². The van der Waals surface area contributed by atoms with E-state index in [1.165, 1.54) is 19.3 Å². The van der Waals surface area contributed by atoms with E-state index in [4.69, 9.17) is 4.52 Å². The summed E-state index contributed by atoms with van der Waals surface area (Å²) >= 11 is 0. The zero-order chi connectivity index (χ0) is 16.4. The van der Waals surface area contributed by atoms with Crippen molar-refractivity contribution in [1.82, 2.24) is 20.0 Å². The van der Waals surface area contributed by atoms with Crippen LogP contribution in [0, 0.1) is 5.92 Å². The summed E-state index contributed by atoms with van der Waals surface area (Å²) in [5, 5.41) is 4.04. The zero-order valence-corrected chi connectivity index (χ0v) is 13.7. The zero-order valence-electron chi connectivity index (χ0n) is 13.7. The number of hydrogen-bond donors (Lipinski definition) is 0. The molecule has 2 aromatic rings. The van der Waals surface area contributed by atoms with Crippen LogP contribution in [-0.4, -0.2) is 39.0 Å². The quantitative estimate of drug-likeness (QED) is 0.867. The van der Waals surface area contributed by atoms with E-state index in [-0.39, 0.29) is 11.8 Å². The Balaban J connectivity index is 1.42. The molecule has 24 heavy (non-hydrogen) atoms. The number of nitrogens with zero attached hydrogens (tertiary/aromatic N) is 4. The molecule has 1 aliphatic heterocycles. The SMILES string of the molecule is O=C(C1CCCCC1)N1CC[C@H](c2nc(-c3ccccn3)no2)C1. The first-order valence-electron chi connectivity index (χ1n) is 8.85. The molecule has 6 nitrogen and oxygen atoms in total. The molecular weight excluding hydrogens is 304 g/mol. The molecule has 1 amide bonds. The third-order valence-corrected chi connectivity index (χ3v) is 5.14. The van der Waals surface area contributed by atoms with Crippen LogP contribution in [0.2, 0.25) is 0 Å². The number of rotatable bonds is 3. The highest BCUT2D eigenvalue weighted by Crippen LogP contribution is 2.31. The number of hydrogen-bond acceptors (Lipinski definition) is 5. The van der Waals surface area contributed by atoms with Crippen LogP contribution in [0.4, 0.5) is 0 Å². The third-order valence-electron chi connectivity index (χ3n) is 5.14. The molecule has 1 saturated heterocycles. The molecule has 1 saturated carbocycles. The van der Waals surface area contributed by atoms with Gasteiger partial charge in [0.15, 0.2) is 0 Å². The van der Waals surface area contributed by atoms with E-state index in [2.05, 4.69) is 15.1 Å². The first-order chi connectivity index (χ1) is 11.8. The minimum atomic E-state index is 0.141. The third kappa shape index (κ3) is 3.05. The number of carbonyl (C=O) groups excluding carboxylic acids is 1. The van der Waals surface area contributed by atoms with Crippen molar-refractivity contribution in [2.45, 2.75) is 44.4 Å². The Morgan fingerprint density at radius 3 is 2.83 bits per heavy atom. The molecule has 126 valence electrons. The second-order valence-electron chi connectivity index (χ2n) is 6.78. The molecule has 0 spiro atoms. The molecule has 0 N–H and O–H groups in total. The lowest BCUT2D eigenvalue weighted by Gasteiger charge is -2.26. The van der Waals surface area contributed by atoms with Crippen LogP contribution in [-0.2, 0) is 4.79 Å². The topological polar surface area (TPSA) is 72.1 Å². The van der Waals surface area contributed by atoms with E-state index < -0.39 is 0 Å². The van der Waals surface area contributed by atoms with Crippen molar-refractivity contribution in [2.75, 3.05) is 13.1 Å². The van der Waals surface area contributed by atoms with Gasteiger partial charge in [-0.2, -0.15) is 4.98 Å². The number of pyridine rings is 1. The van der Waals surface area contributed by atoms with Crippen molar-refractivity contribution in [3.05, 3.63) is 30.3 Å². The summed E-state index contributed by atoms with van der Waals surface area (Å²) in [6, 6.07) is 5.62. The van der Waals surface area contributed by atoms with E-state index in [0.717, 1.165) is 25.8 Å². The maximum Gasteiger partial charge on any atom is 0.231 e. The minimum absolute atomic E-state index is 0.141. The van der Waals surface area contributed by atoms with E-state index in [1.54, 1.807) is 6.20 Å². The summed E-state index contributed by atoms with van der Waals surface area (Å²) in [5.41, 5.74) is 0.709. The highest BCUT2D eigenvalue weighted by atomic mass is 16.5. The van der Waals surface area contributed by atoms with E-state index >= 15 is 0 Å². The molecule has 2 aromatic heterocycles. The summed E-state index contributed by atoms with van der Waals surface area (Å²) < 4.78 is 5.44. The predicted molar refractivity (Wildman–Crippen MR) is 88.0 cm³/mol. The molecule has 0 unspecified atom stereocenters. The van der Waals surface area contributed by atoms with Gasteiger partial charge < -0.3 is 9.42 Å². The Morgan fingerprint density at radius 2 is 2.04 bits per heavy atom. The lowest BCUT2D eigenvalue weighted by atomic mass is 9.88. The van der Waals surface area contributed by atoms with Gasteiger partial charge in [-0.3, -0.25) is 9.78 Å². The summed E-state index contributed by atoms with van der Waals surface area (Å²) in [5.74, 6) is 1.82. The van der Waals surface area contributed by atoms with Crippen LogP contribution in [0.3, 0.4) is 0 Å². The maximum atomic E-state index is 12.7. The summed E-state index contributed by atoms with van der Waals surface area (Å²) in [6.45, 7) is 1.49. The van der Waals surface area contributed by atoms with Crippen molar-refractivity contribution in [2.24, 2.45) is 5.92 Å². The van der Waals surface area contributed by atoms with Gasteiger partial charge in [-0.15, -0.1) is 0 Å². The van der Waals surface area contributed by atoms with Gasteiger partial charge in [0.25, 0.3) is 0 Å². The molecule has 0 bridgehead atoms. The van der Waals surface area contributed by atoms with Crippen LogP contribution < -0.4 is 0 Å². The van der Waals surface area contributed by atoms with Gasteiger partial charge in [-0.25, -0.2) is 0 Å². The lowest BCUT2D eigenvalue weighted by Crippen LogP contribution is -2.35. The maximum absolute atomic E-state index is 12.7. The van der Waals surface area contributed by atoms with Crippen molar-refractivity contribution >= 4 is 5.91 Å². The minimum Gasteiger partial charge on any atom is -0.342 e. The second-order valence-corrected chi connectivity index (χ2v) is 6.78. The molecular formula is C18H22N4O2. The molecule has 1 atom stereocenters. The smallest absolute Gasteiger partial charge is 0.231 e. The standard InChI is InChI=1S/C18H22N4O2/c23-18(13-6-2-1-3-7-13)22-11-9-14(12-22)17-20-16(21-24-17)15-8-4-5-10-19-15/h4-5,8,10,13-14H,1-3,6-7,9,11-12H2/t14-/m0/s1. The normalized spacial score (nSPS) is 22.0. The van der Waals surface area contributed by atoms with E-state index in [0.29, 0.717) is 29.9 Å². The summed E-state index contributed by atoms with van der Waals surface area (Å²) in [6.07, 6.45) is 8.34. The number of likely N-dealkylation sites (tertiary alicyclic amines) is 1. The van der Waals surface area contributed by atoms with Crippen molar-refractivity contribution in [3.63, 3.8) is 0 Å². The Bertz CT molecular complexity index is 694. The summed E-state index contributed by atoms with van der Waals surface area (Å²) in [4.78, 5) is 23.4. The fourth-order valence-corrected chi connectivity index (χ4v) is 3.77. The molecule has 2 aliphatic rings. The van der Waals surface area contributed by atoms with Gasteiger partial charge in [0.1, 0.15) is 5.69 Å². The Morgan fingerprint density at radius 1 is 1.17 bits per heavy atom. The molecule has 6 heteroatoms. The fourth-order valence-electron chi connectivity index (χ4n) is 3.77. The molecule has 0 aromatic carbocycles. The average molecular weight is 326 g/mol. The van der Waals surface area contributed by atoms with Crippen LogP contribution in [0.25, 0.3) is 11.5 Å². The van der Waals surface area contributed by atoms with Gasteiger partial charge in [-0.05, 0) is 31.4 Å². The predicted octanol–water partition coefficient (Wildman–Crippen LogP) is 3.03. The molecule has 3 heterocycles. The van der Waals surface area contributed by atoms with E-state index in [1.807, 2.05) is 23.1 Å². The van der Waals surface area contributed by atoms with Crippen molar-refractivity contribution < 1.29 is 9.32 Å². The highest BCUT2D eigenvalue weighted by Gasteiger charge is 2.34. The van der Waals surface area contributed by atoms with Gasteiger partial charge >= 0.3 is 0 Å². The van der Waals surface area contributed by atoms with Gasteiger partial charge in [-0.1, -0.05) is 30.5 Å². The molecule has 0 radical (unpaired) electrons. The van der Waals surface area contributed by atoms with Gasteiger partial charge in [0.05, 0.1) is 5.92 Å².